The molecule has 3 rings (SSSR count). The van der Waals surface area contributed by atoms with Crippen LogP contribution in [0, 0.1) is 0 Å². The van der Waals surface area contributed by atoms with Crippen LogP contribution >= 0.6 is 0 Å². The number of benzene rings is 2. The van der Waals surface area contributed by atoms with Crippen LogP contribution in [-0.2, 0) is 23.2 Å². The first-order chi connectivity index (χ1) is 15.8. The Bertz CT molecular complexity index is 1180. The van der Waals surface area contributed by atoms with Gasteiger partial charge in [0.15, 0.2) is 0 Å². The average Bonchev–Trinajstić information content (AvgIpc) is 2.81. The van der Waals surface area contributed by atoms with Crippen molar-refractivity contribution in [1.29, 1.82) is 0 Å². The number of carbonyl (C=O) groups excluding carboxylic acids is 1. The molecule has 1 heterocycles. The number of pyridine rings is 1. The van der Waals surface area contributed by atoms with Crippen LogP contribution in [0.2, 0.25) is 0 Å². The van der Waals surface area contributed by atoms with Crippen molar-refractivity contribution in [3.05, 3.63) is 83.7 Å². The van der Waals surface area contributed by atoms with Crippen LogP contribution in [0.4, 0.5) is 0 Å². The molecule has 2 N–H and O–H groups in total. The Labute approximate surface area is 194 Å². The maximum Gasteiger partial charge on any atom is 0.251 e. The van der Waals surface area contributed by atoms with E-state index in [1.807, 2.05) is 36.4 Å². The predicted octanol–water partition coefficient (Wildman–Crippen LogP) is 3.29. The number of hydrogen-bond acceptors (Lipinski definition) is 6. The van der Waals surface area contributed by atoms with Gasteiger partial charge in [0.05, 0.1) is 7.11 Å². The molecule has 8 nitrogen and oxygen atoms in total. The molecule has 33 heavy (non-hydrogen) atoms. The molecule has 3 aromatic rings. The number of nitrogens with zero attached hydrogens (tertiary/aromatic N) is 1. The van der Waals surface area contributed by atoms with Gasteiger partial charge in [-0.15, -0.1) is 0 Å². The van der Waals surface area contributed by atoms with E-state index in [1.165, 1.54) is 25.3 Å². The van der Waals surface area contributed by atoms with Gasteiger partial charge < -0.3 is 14.8 Å². The molecule has 174 valence electrons. The highest BCUT2D eigenvalue weighted by Gasteiger charge is 2.22. The van der Waals surface area contributed by atoms with E-state index in [1.54, 1.807) is 26.2 Å². The highest BCUT2D eigenvalue weighted by Crippen LogP contribution is 2.25. The van der Waals surface area contributed by atoms with Crippen LogP contribution in [0.5, 0.6) is 11.5 Å². The van der Waals surface area contributed by atoms with Crippen molar-refractivity contribution in [3.63, 3.8) is 0 Å². The molecule has 0 saturated carbocycles. The SMILES string of the molecule is COc1ccc(C(=O)NCc2ccc(OCc3cccnc3)cc2)cc1S(=O)(=O)NC(C)C. The summed E-state index contributed by atoms with van der Waals surface area (Å²) in [5.74, 6) is 0.480. The van der Waals surface area contributed by atoms with Crippen molar-refractivity contribution in [3.8, 4) is 11.5 Å². The van der Waals surface area contributed by atoms with Crippen molar-refractivity contribution < 1.29 is 22.7 Å². The second-order valence-corrected chi connectivity index (χ2v) is 9.30. The van der Waals surface area contributed by atoms with Crippen molar-refractivity contribution in [2.24, 2.45) is 0 Å². The zero-order valence-corrected chi connectivity index (χ0v) is 19.6. The molecule has 0 aliphatic carbocycles. The van der Waals surface area contributed by atoms with Gasteiger partial charge in [-0.25, -0.2) is 13.1 Å². The van der Waals surface area contributed by atoms with Crippen molar-refractivity contribution >= 4 is 15.9 Å². The second-order valence-electron chi connectivity index (χ2n) is 7.62. The van der Waals surface area contributed by atoms with E-state index in [2.05, 4.69) is 15.0 Å². The van der Waals surface area contributed by atoms with E-state index in [9.17, 15) is 13.2 Å². The van der Waals surface area contributed by atoms with Gasteiger partial charge in [-0.05, 0) is 55.8 Å². The first-order valence-electron chi connectivity index (χ1n) is 10.4. The monoisotopic (exact) mass is 469 g/mol. The number of methoxy groups -OCH3 is 1. The van der Waals surface area contributed by atoms with E-state index in [-0.39, 0.29) is 28.8 Å². The maximum absolute atomic E-state index is 12.6. The Kier molecular flexibility index (Phi) is 8.02. The number of ether oxygens (including phenoxy) is 2. The molecule has 0 unspecified atom stereocenters. The molecule has 1 aromatic heterocycles. The van der Waals surface area contributed by atoms with Gasteiger partial charge in [0.1, 0.15) is 23.0 Å². The van der Waals surface area contributed by atoms with Crippen LogP contribution in [0.1, 0.15) is 35.3 Å². The third kappa shape index (κ3) is 6.77. The van der Waals surface area contributed by atoms with Crippen molar-refractivity contribution in [2.75, 3.05) is 7.11 Å². The molecule has 2 aromatic carbocycles. The minimum Gasteiger partial charge on any atom is -0.495 e. The summed E-state index contributed by atoms with van der Waals surface area (Å²) in [6.45, 7) is 4.13. The van der Waals surface area contributed by atoms with Crippen LogP contribution in [0.15, 0.2) is 71.9 Å². The zero-order valence-electron chi connectivity index (χ0n) is 18.7. The van der Waals surface area contributed by atoms with Crippen molar-refractivity contribution in [2.45, 2.75) is 37.9 Å². The molecule has 1 amide bonds. The van der Waals surface area contributed by atoms with Gasteiger partial charge in [-0.2, -0.15) is 0 Å². The molecular weight excluding hydrogens is 442 g/mol. The fourth-order valence-corrected chi connectivity index (χ4v) is 4.49. The largest absolute Gasteiger partial charge is 0.495 e. The normalized spacial score (nSPS) is 11.3. The number of rotatable bonds is 10. The van der Waals surface area contributed by atoms with Crippen LogP contribution in [0.3, 0.4) is 0 Å². The molecule has 0 saturated heterocycles. The third-order valence-electron chi connectivity index (χ3n) is 4.61. The van der Waals surface area contributed by atoms with Gasteiger partial charge in [0.2, 0.25) is 10.0 Å². The fraction of sp³-hybridized carbons (Fsp3) is 0.250. The fourth-order valence-electron chi connectivity index (χ4n) is 3.04. The molecule has 0 aliphatic rings. The van der Waals surface area contributed by atoms with Gasteiger partial charge in [-0.1, -0.05) is 18.2 Å². The van der Waals surface area contributed by atoms with Gasteiger partial charge in [0, 0.05) is 36.1 Å². The van der Waals surface area contributed by atoms with Gasteiger partial charge >= 0.3 is 0 Å². The average molecular weight is 470 g/mol. The van der Waals surface area contributed by atoms with Crippen LogP contribution in [-0.4, -0.2) is 32.5 Å². The maximum atomic E-state index is 12.6. The lowest BCUT2D eigenvalue weighted by atomic mass is 10.2. The molecule has 0 radical (unpaired) electrons. The zero-order chi connectivity index (χ0) is 23.8. The lowest BCUT2D eigenvalue weighted by Crippen LogP contribution is -2.31. The first-order valence-corrected chi connectivity index (χ1v) is 11.9. The van der Waals surface area contributed by atoms with Crippen molar-refractivity contribution in [1.82, 2.24) is 15.0 Å². The second kappa shape index (κ2) is 10.9. The molecule has 0 atom stereocenters. The van der Waals surface area contributed by atoms with Crippen LogP contribution < -0.4 is 19.5 Å². The summed E-state index contributed by atoms with van der Waals surface area (Å²) in [5, 5.41) is 2.81. The number of carbonyl (C=O) groups is 1. The summed E-state index contributed by atoms with van der Waals surface area (Å²) >= 11 is 0. The lowest BCUT2D eigenvalue weighted by molar-refractivity contribution is 0.0950. The highest BCUT2D eigenvalue weighted by molar-refractivity contribution is 7.89. The molecule has 0 bridgehead atoms. The molecule has 0 fully saturated rings. The summed E-state index contributed by atoms with van der Waals surface area (Å²) < 4.78 is 38.6. The van der Waals surface area contributed by atoms with Gasteiger partial charge in [0.25, 0.3) is 5.91 Å². The Morgan fingerprint density at radius 2 is 1.82 bits per heavy atom. The molecular formula is C24H27N3O5S. The Hall–Kier alpha value is -3.43. The predicted molar refractivity (Wildman–Crippen MR) is 125 cm³/mol. The number of aromatic nitrogens is 1. The molecule has 9 heteroatoms. The van der Waals surface area contributed by atoms with Gasteiger partial charge in [-0.3, -0.25) is 9.78 Å². The number of amides is 1. The Morgan fingerprint density at radius 1 is 1.06 bits per heavy atom. The summed E-state index contributed by atoms with van der Waals surface area (Å²) in [6, 6.07) is 15.2. The topological polar surface area (TPSA) is 107 Å². The van der Waals surface area contributed by atoms with E-state index in [0.717, 1.165) is 11.1 Å². The highest BCUT2D eigenvalue weighted by atomic mass is 32.2. The smallest absolute Gasteiger partial charge is 0.251 e. The molecule has 0 aliphatic heterocycles. The number of hydrogen-bond donors (Lipinski definition) is 2. The summed E-state index contributed by atoms with van der Waals surface area (Å²) in [5.41, 5.74) is 2.06. The summed E-state index contributed by atoms with van der Waals surface area (Å²) in [6.07, 6.45) is 3.46. The summed E-state index contributed by atoms with van der Waals surface area (Å²) in [4.78, 5) is 16.6. The van der Waals surface area contributed by atoms with E-state index < -0.39 is 15.9 Å². The Morgan fingerprint density at radius 3 is 2.45 bits per heavy atom. The quantitative estimate of drug-likeness (QED) is 0.472. The molecule has 0 spiro atoms. The summed E-state index contributed by atoms with van der Waals surface area (Å²) in [7, 11) is -2.45. The number of nitrogens with one attached hydrogen (secondary N) is 2. The van der Waals surface area contributed by atoms with E-state index in [0.29, 0.717) is 12.4 Å². The standard InChI is InChI=1S/C24H27N3O5S/c1-17(2)27-33(29,30)23-13-20(8-11-22(23)31-3)24(28)26-15-18-6-9-21(10-7-18)32-16-19-5-4-12-25-14-19/h4-14,17,27H,15-16H2,1-3H3,(H,26,28). The van der Waals surface area contributed by atoms with E-state index in [4.69, 9.17) is 9.47 Å². The number of sulfonamides is 1. The third-order valence-corrected chi connectivity index (χ3v) is 6.29. The van der Waals surface area contributed by atoms with E-state index >= 15 is 0 Å². The van der Waals surface area contributed by atoms with Crippen LogP contribution in [0.25, 0.3) is 0 Å². The minimum absolute atomic E-state index is 0.0820. The first kappa shape index (κ1) is 24.2. The Balaban J connectivity index is 1.63. The lowest BCUT2D eigenvalue weighted by Gasteiger charge is -2.14. The minimum atomic E-state index is -3.83.